The first-order valence-electron chi connectivity index (χ1n) is 6.84. The minimum Gasteiger partial charge on any atom is -0.480 e. The van der Waals surface area contributed by atoms with Gasteiger partial charge >= 0.3 is 5.97 Å². The number of nitrogens with two attached hydrogens (primary N) is 1. The molecular weight excluding hydrogens is 284 g/mol. The van der Waals surface area contributed by atoms with E-state index in [9.17, 15) is 23.1 Å². The monoisotopic (exact) mass is 304 g/mol. The van der Waals surface area contributed by atoms with Crippen LogP contribution in [0.1, 0.15) is 38.5 Å². The molecule has 8 heteroatoms. The van der Waals surface area contributed by atoms with Crippen LogP contribution in [-0.2, 0) is 19.6 Å². The Morgan fingerprint density at radius 1 is 1.30 bits per heavy atom. The minimum atomic E-state index is -3.81. The lowest BCUT2D eigenvalue weighted by Crippen LogP contribution is -2.48. The van der Waals surface area contributed by atoms with E-state index in [4.69, 9.17) is 5.14 Å². The Hall–Kier alpha value is -1.15. The van der Waals surface area contributed by atoms with Crippen LogP contribution in [0.3, 0.4) is 0 Å². The summed E-state index contributed by atoms with van der Waals surface area (Å²) in [4.78, 5) is 24.7. The van der Waals surface area contributed by atoms with E-state index in [-0.39, 0.29) is 18.9 Å². The zero-order chi connectivity index (χ0) is 14.9. The summed E-state index contributed by atoms with van der Waals surface area (Å²) >= 11 is 0. The number of likely N-dealkylation sites (tertiary alicyclic amines) is 1. The third-order valence-electron chi connectivity index (χ3n) is 4.27. The molecule has 0 aromatic carbocycles. The van der Waals surface area contributed by atoms with Crippen LogP contribution in [0.25, 0.3) is 0 Å². The molecule has 1 unspecified atom stereocenters. The van der Waals surface area contributed by atoms with Gasteiger partial charge in [0.1, 0.15) is 11.3 Å². The molecule has 0 bridgehead atoms. The van der Waals surface area contributed by atoms with Crippen molar-refractivity contribution < 1.29 is 23.1 Å². The Labute approximate surface area is 118 Å². The van der Waals surface area contributed by atoms with Gasteiger partial charge in [-0.25, -0.2) is 18.4 Å². The predicted octanol–water partition coefficient (Wildman–Crippen LogP) is -0.0907. The lowest BCUT2D eigenvalue weighted by atomic mass is 9.83. The molecule has 20 heavy (non-hydrogen) atoms. The van der Waals surface area contributed by atoms with Crippen molar-refractivity contribution in [2.45, 2.75) is 49.8 Å². The molecule has 114 valence electrons. The number of carbonyl (C=O) groups is 2. The topological polar surface area (TPSA) is 118 Å². The Morgan fingerprint density at radius 3 is 2.35 bits per heavy atom. The maximum Gasteiger partial charge on any atom is 0.326 e. The zero-order valence-electron chi connectivity index (χ0n) is 11.2. The highest BCUT2D eigenvalue weighted by Gasteiger charge is 2.44. The quantitative estimate of drug-likeness (QED) is 0.752. The predicted molar refractivity (Wildman–Crippen MR) is 71.2 cm³/mol. The summed E-state index contributed by atoms with van der Waals surface area (Å²) < 4.78 is 22.7. The average molecular weight is 304 g/mol. The molecule has 1 heterocycles. The number of carboxylic acids is 1. The van der Waals surface area contributed by atoms with Gasteiger partial charge in [-0.1, -0.05) is 19.3 Å². The van der Waals surface area contributed by atoms with Crippen molar-refractivity contribution in [1.29, 1.82) is 0 Å². The fourth-order valence-electron chi connectivity index (χ4n) is 3.23. The van der Waals surface area contributed by atoms with E-state index in [2.05, 4.69) is 0 Å². The summed E-state index contributed by atoms with van der Waals surface area (Å²) in [5.41, 5.74) is 0. The zero-order valence-corrected chi connectivity index (χ0v) is 12.0. The summed E-state index contributed by atoms with van der Waals surface area (Å²) in [7, 11) is -3.81. The van der Waals surface area contributed by atoms with E-state index < -0.39 is 33.2 Å². The van der Waals surface area contributed by atoms with E-state index >= 15 is 0 Å². The molecule has 1 saturated carbocycles. The fraction of sp³-hybridized carbons (Fsp3) is 0.833. The van der Waals surface area contributed by atoms with Gasteiger partial charge in [0.2, 0.25) is 15.9 Å². The minimum absolute atomic E-state index is 0.0931. The molecule has 1 aliphatic heterocycles. The van der Waals surface area contributed by atoms with Gasteiger partial charge < -0.3 is 10.0 Å². The number of hydrogen-bond acceptors (Lipinski definition) is 4. The Morgan fingerprint density at radius 2 is 1.90 bits per heavy atom. The molecule has 2 fully saturated rings. The van der Waals surface area contributed by atoms with E-state index in [1.165, 1.54) is 4.90 Å². The average Bonchev–Trinajstić information content (AvgIpc) is 2.73. The lowest BCUT2D eigenvalue weighted by Gasteiger charge is -2.33. The number of hydrogen-bond donors (Lipinski definition) is 2. The van der Waals surface area contributed by atoms with Gasteiger partial charge in [0.15, 0.2) is 0 Å². The van der Waals surface area contributed by atoms with Crippen LogP contribution in [0.4, 0.5) is 0 Å². The molecule has 3 N–H and O–H groups in total. The van der Waals surface area contributed by atoms with Crippen LogP contribution in [0.5, 0.6) is 0 Å². The number of primary sulfonamides is 1. The van der Waals surface area contributed by atoms with Crippen molar-refractivity contribution >= 4 is 21.9 Å². The number of amides is 1. The van der Waals surface area contributed by atoms with E-state index in [1.54, 1.807) is 0 Å². The smallest absolute Gasteiger partial charge is 0.326 e. The number of aliphatic carboxylic acids is 1. The van der Waals surface area contributed by atoms with Crippen molar-refractivity contribution in [3.8, 4) is 0 Å². The van der Waals surface area contributed by atoms with Crippen LogP contribution in [0, 0.1) is 5.92 Å². The normalized spacial score (nSPS) is 26.8. The second-order valence-electron chi connectivity index (χ2n) is 5.64. The van der Waals surface area contributed by atoms with Crippen LogP contribution in [0.2, 0.25) is 0 Å². The molecule has 2 aliphatic rings. The van der Waals surface area contributed by atoms with Gasteiger partial charge in [0, 0.05) is 13.0 Å². The highest BCUT2D eigenvalue weighted by Crippen LogP contribution is 2.32. The Bertz CT molecular complexity index is 498. The first kappa shape index (κ1) is 15.2. The first-order valence-corrected chi connectivity index (χ1v) is 8.45. The van der Waals surface area contributed by atoms with Gasteiger partial charge in [-0.2, -0.15) is 0 Å². The number of nitrogens with zero attached hydrogens (tertiary/aromatic N) is 1. The van der Waals surface area contributed by atoms with E-state index in [0.717, 1.165) is 32.1 Å². The lowest BCUT2D eigenvalue weighted by molar-refractivity contribution is -0.151. The standard InChI is InChI=1S/C12H20N2O5S/c13-20(18,19)9-6-10(15)14(7-9)11(12(16)17)8-4-2-1-3-5-8/h8-9,11H,1-7H2,(H,16,17)(H2,13,18,19)/t9?,11-/m0/s1. The van der Waals surface area contributed by atoms with E-state index in [0.29, 0.717) is 0 Å². The van der Waals surface area contributed by atoms with Crippen molar-refractivity contribution in [3.63, 3.8) is 0 Å². The molecule has 2 atom stereocenters. The molecule has 2 rings (SSSR count). The maximum atomic E-state index is 12.0. The molecule has 1 aliphatic carbocycles. The number of carboxylic acid groups (broad SMARTS) is 1. The third-order valence-corrected chi connectivity index (χ3v) is 5.52. The summed E-state index contributed by atoms with van der Waals surface area (Å²) in [6, 6.07) is -0.922. The molecular formula is C12H20N2O5S. The van der Waals surface area contributed by atoms with Gasteiger partial charge in [0.05, 0.1) is 0 Å². The van der Waals surface area contributed by atoms with Crippen LogP contribution in [-0.4, -0.2) is 48.1 Å². The number of rotatable bonds is 4. The van der Waals surface area contributed by atoms with Gasteiger partial charge in [-0.05, 0) is 18.8 Å². The fourth-order valence-corrected chi connectivity index (χ4v) is 3.97. The highest BCUT2D eigenvalue weighted by molar-refractivity contribution is 7.89. The number of sulfonamides is 1. The second kappa shape index (κ2) is 5.69. The van der Waals surface area contributed by atoms with Crippen LogP contribution >= 0.6 is 0 Å². The largest absolute Gasteiger partial charge is 0.480 e. The van der Waals surface area contributed by atoms with Crippen molar-refractivity contribution in [3.05, 3.63) is 0 Å². The highest BCUT2D eigenvalue weighted by atomic mass is 32.2. The van der Waals surface area contributed by atoms with Gasteiger partial charge in [0.25, 0.3) is 0 Å². The van der Waals surface area contributed by atoms with E-state index in [1.807, 2.05) is 0 Å². The maximum absolute atomic E-state index is 12.0. The summed E-state index contributed by atoms with van der Waals surface area (Å²) in [6.07, 6.45) is 4.30. The molecule has 0 radical (unpaired) electrons. The third kappa shape index (κ3) is 3.12. The first-order chi connectivity index (χ1) is 9.30. The summed E-state index contributed by atoms with van der Waals surface area (Å²) in [6.45, 7) is -0.106. The van der Waals surface area contributed by atoms with Crippen molar-refractivity contribution in [2.24, 2.45) is 11.1 Å². The summed E-state index contributed by atoms with van der Waals surface area (Å²) in [5.74, 6) is -1.58. The molecule has 0 aromatic rings. The van der Waals surface area contributed by atoms with Crippen molar-refractivity contribution in [2.75, 3.05) is 6.54 Å². The molecule has 0 aromatic heterocycles. The molecule has 0 spiro atoms. The Balaban J connectivity index is 2.17. The Kier molecular flexibility index (Phi) is 4.33. The van der Waals surface area contributed by atoms with Crippen LogP contribution < -0.4 is 5.14 Å². The number of carbonyl (C=O) groups excluding carboxylic acids is 1. The second-order valence-corrected chi connectivity index (χ2v) is 7.49. The molecule has 1 saturated heterocycles. The van der Waals surface area contributed by atoms with Crippen molar-refractivity contribution in [1.82, 2.24) is 4.90 Å². The summed E-state index contributed by atoms with van der Waals surface area (Å²) in [5, 5.41) is 13.5. The SMILES string of the molecule is NS(=O)(=O)C1CC(=O)N([C@H](C(=O)O)C2CCCCC2)C1. The van der Waals surface area contributed by atoms with Gasteiger partial charge in [-0.3, -0.25) is 4.79 Å². The molecule has 7 nitrogen and oxygen atoms in total. The molecule has 1 amide bonds. The van der Waals surface area contributed by atoms with Crippen LogP contribution in [0.15, 0.2) is 0 Å². The van der Waals surface area contributed by atoms with Gasteiger partial charge in [-0.15, -0.1) is 0 Å².